The van der Waals surface area contributed by atoms with Crippen LogP contribution in [0.25, 0.3) is 0 Å². The molecule has 0 saturated carbocycles. The van der Waals surface area contributed by atoms with E-state index in [0.29, 0.717) is 29.1 Å². The number of likely N-dealkylation sites (tertiary alicyclic amines) is 1. The minimum atomic E-state index is -0.265. The molecular weight excluding hydrogens is 345 g/mol. The predicted molar refractivity (Wildman–Crippen MR) is 103 cm³/mol. The minimum Gasteiger partial charge on any atom is -0.355 e. The summed E-state index contributed by atoms with van der Waals surface area (Å²) in [5.41, 5.74) is 3.36. The van der Waals surface area contributed by atoms with E-state index in [1.54, 1.807) is 26.0 Å². The minimum absolute atomic E-state index is 0.00359. The van der Waals surface area contributed by atoms with Gasteiger partial charge < -0.3 is 10.3 Å². The number of amides is 1. The van der Waals surface area contributed by atoms with Crippen molar-refractivity contribution >= 4 is 11.7 Å². The van der Waals surface area contributed by atoms with E-state index < -0.39 is 0 Å². The molecule has 1 saturated heterocycles. The van der Waals surface area contributed by atoms with Crippen LogP contribution in [0.2, 0.25) is 0 Å². The number of halogens is 1. The summed E-state index contributed by atoms with van der Waals surface area (Å²) in [4.78, 5) is 29.8. The van der Waals surface area contributed by atoms with Gasteiger partial charge in [-0.1, -0.05) is 12.1 Å². The topological polar surface area (TPSA) is 65.2 Å². The van der Waals surface area contributed by atoms with Gasteiger partial charge in [-0.25, -0.2) is 4.39 Å². The first-order valence-corrected chi connectivity index (χ1v) is 9.36. The SMILES string of the molecule is CC(=O)c1[nH]c(C)c(C(=O)NCC(c2ccc(F)cc2)N2CCCC2)c1C. The summed E-state index contributed by atoms with van der Waals surface area (Å²) in [5.74, 6) is -0.547. The number of hydrogen-bond acceptors (Lipinski definition) is 3. The molecule has 2 heterocycles. The molecule has 27 heavy (non-hydrogen) atoms. The van der Waals surface area contributed by atoms with Gasteiger partial charge in [-0.15, -0.1) is 0 Å². The first-order chi connectivity index (χ1) is 12.9. The van der Waals surface area contributed by atoms with E-state index in [-0.39, 0.29) is 23.5 Å². The van der Waals surface area contributed by atoms with Crippen LogP contribution in [0.1, 0.15) is 63.5 Å². The third-order valence-corrected chi connectivity index (χ3v) is 5.31. The molecule has 2 aromatic rings. The summed E-state index contributed by atoms with van der Waals surface area (Å²) in [6, 6.07) is 6.49. The van der Waals surface area contributed by atoms with Crippen molar-refractivity contribution in [3.63, 3.8) is 0 Å². The Bertz CT molecular complexity index is 836. The lowest BCUT2D eigenvalue weighted by Crippen LogP contribution is -2.37. The Hall–Kier alpha value is -2.47. The monoisotopic (exact) mass is 371 g/mol. The molecule has 144 valence electrons. The molecule has 0 spiro atoms. The van der Waals surface area contributed by atoms with Crippen molar-refractivity contribution in [2.75, 3.05) is 19.6 Å². The third-order valence-electron chi connectivity index (χ3n) is 5.31. The van der Waals surface area contributed by atoms with Gasteiger partial charge in [0.25, 0.3) is 5.91 Å². The summed E-state index contributed by atoms with van der Waals surface area (Å²) in [6.45, 7) is 7.43. The second-order valence-corrected chi connectivity index (χ2v) is 7.20. The van der Waals surface area contributed by atoms with E-state index in [1.807, 2.05) is 0 Å². The molecule has 3 rings (SSSR count). The van der Waals surface area contributed by atoms with E-state index >= 15 is 0 Å². The number of Topliss-reactive ketones (excluding diaryl/α,β-unsaturated/α-hetero) is 1. The number of aryl methyl sites for hydroxylation is 1. The van der Waals surface area contributed by atoms with Crippen molar-refractivity contribution in [2.24, 2.45) is 0 Å². The Balaban J connectivity index is 1.78. The summed E-state index contributed by atoms with van der Waals surface area (Å²) in [6.07, 6.45) is 2.26. The van der Waals surface area contributed by atoms with Crippen LogP contribution < -0.4 is 5.32 Å². The Labute approximate surface area is 159 Å². The van der Waals surface area contributed by atoms with E-state index in [2.05, 4.69) is 15.2 Å². The molecule has 0 aliphatic carbocycles. The second kappa shape index (κ2) is 8.05. The quantitative estimate of drug-likeness (QED) is 0.764. The van der Waals surface area contributed by atoms with Crippen molar-refractivity contribution in [3.05, 3.63) is 58.2 Å². The number of hydrogen-bond donors (Lipinski definition) is 2. The Morgan fingerprint density at radius 1 is 1.19 bits per heavy atom. The van der Waals surface area contributed by atoms with Crippen LogP contribution in [-0.4, -0.2) is 41.2 Å². The molecule has 2 N–H and O–H groups in total. The Morgan fingerprint density at radius 2 is 1.81 bits per heavy atom. The second-order valence-electron chi connectivity index (χ2n) is 7.20. The smallest absolute Gasteiger partial charge is 0.253 e. The first kappa shape index (κ1) is 19.3. The maximum atomic E-state index is 13.3. The van der Waals surface area contributed by atoms with Gasteiger partial charge in [0, 0.05) is 19.2 Å². The van der Waals surface area contributed by atoms with Crippen LogP contribution in [0.15, 0.2) is 24.3 Å². The molecule has 5 nitrogen and oxygen atoms in total. The van der Waals surface area contributed by atoms with Crippen LogP contribution in [0.5, 0.6) is 0 Å². The third kappa shape index (κ3) is 4.11. The first-order valence-electron chi connectivity index (χ1n) is 9.36. The zero-order valence-corrected chi connectivity index (χ0v) is 16.1. The molecule has 1 aromatic carbocycles. The lowest BCUT2D eigenvalue weighted by atomic mass is 10.0. The number of nitrogens with one attached hydrogen (secondary N) is 2. The molecule has 0 radical (unpaired) electrons. The van der Waals surface area contributed by atoms with Gasteiger partial charge in [-0.3, -0.25) is 14.5 Å². The van der Waals surface area contributed by atoms with Crippen LogP contribution in [0, 0.1) is 19.7 Å². The molecule has 1 aliphatic heterocycles. The lowest BCUT2D eigenvalue weighted by Gasteiger charge is -2.28. The predicted octanol–water partition coefficient (Wildman–Crippen LogP) is 3.54. The fraction of sp³-hybridized carbons (Fsp3) is 0.429. The molecule has 1 unspecified atom stereocenters. The zero-order chi connectivity index (χ0) is 19.6. The maximum Gasteiger partial charge on any atom is 0.253 e. The molecular formula is C21H26FN3O2. The zero-order valence-electron chi connectivity index (χ0n) is 16.1. The number of aromatic nitrogens is 1. The largest absolute Gasteiger partial charge is 0.355 e. The van der Waals surface area contributed by atoms with Crippen molar-refractivity contribution < 1.29 is 14.0 Å². The standard InChI is InChI=1S/C21H26FN3O2/c1-13-19(14(2)24-20(13)15(3)26)21(27)23-12-18(25-10-4-5-11-25)16-6-8-17(22)9-7-16/h6-9,18,24H,4-5,10-12H2,1-3H3,(H,23,27). The Kier molecular flexibility index (Phi) is 5.75. The summed E-state index contributed by atoms with van der Waals surface area (Å²) in [7, 11) is 0. The van der Waals surface area contributed by atoms with Crippen molar-refractivity contribution in [1.82, 2.24) is 15.2 Å². The highest BCUT2D eigenvalue weighted by molar-refractivity contribution is 6.02. The number of H-pyrrole nitrogens is 1. The van der Waals surface area contributed by atoms with E-state index in [0.717, 1.165) is 31.5 Å². The average molecular weight is 371 g/mol. The number of nitrogens with zero attached hydrogens (tertiary/aromatic N) is 1. The number of rotatable bonds is 6. The molecule has 1 fully saturated rings. The number of carbonyl (C=O) groups excluding carboxylic acids is 2. The number of carbonyl (C=O) groups is 2. The fourth-order valence-electron chi connectivity index (χ4n) is 3.92. The Morgan fingerprint density at radius 3 is 2.37 bits per heavy atom. The molecule has 0 bridgehead atoms. The van der Waals surface area contributed by atoms with E-state index in [4.69, 9.17) is 0 Å². The van der Waals surface area contributed by atoms with Crippen LogP contribution in [-0.2, 0) is 0 Å². The van der Waals surface area contributed by atoms with Gasteiger partial charge in [0.15, 0.2) is 5.78 Å². The van der Waals surface area contributed by atoms with Gasteiger partial charge in [-0.2, -0.15) is 0 Å². The summed E-state index contributed by atoms with van der Waals surface area (Å²) in [5, 5.41) is 3.02. The van der Waals surface area contributed by atoms with E-state index in [9.17, 15) is 14.0 Å². The van der Waals surface area contributed by atoms with Gasteiger partial charge in [0.2, 0.25) is 0 Å². The van der Waals surface area contributed by atoms with Gasteiger partial charge >= 0.3 is 0 Å². The summed E-state index contributed by atoms with van der Waals surface area (Å²) >= 11 is 0. The van der Waals surface area contributed by atoms with Gasteiger partial charge in [0.1, 0.15) is 5.82 Å². The highest BCUT2D eigenvalue weighted by atomic mass is 19.1. The van der Waals surface area contributed by atoms with Gasteiger partial charge in [-0.05, 0) is 63.0 Å². The number of ketones is 1. The normalized spacial score (nSPS) is 15.7. The number of benzene rings is 1. The summed E-state index contributed by atoms with van der Waals surface area (Å²) < 4.78 is 13.3. The average Bonchev–Trinajstić information content (AvgIpc) is 3.25. The van der Waals surface area contributed by atoms with Gasteiger partial charge in [0.05, 0.1) is 17.3 Å². The maximum absolute atomic E-state index is 13.3. The molecule has 1 atom stereocenters. The van der Waals surface area contributed by atoms with Crippen LogP contribution in [0.3, 0.4) is 0 Å². The number of aromatic amines is 1. The molecule has 1 aliphatic rings. The fourth-order valence-corrected chi connectivity index (χ4v) is 3.92. The van der Waals surface area contributed by atoms with E-state index in [1.165, 1.54) is 19.1 Å². The highest BCUT2D eigenvalue weighted by Crippen LogP contribution is 2.25. The van der Waals surface area contributed by atoms with Crippen LogP contribution >= 0.6 is 0 Å². The molecule has 1 amide bonds. The molecule has 1 aromatic heterocycles. The lowest BCUT2D eigenvalue weighted by molar-refractivity contribution is 0.0936. The van der Waals surface area contributed by atoms with Crippen molar-refractivity contribution in [2.45, 2.75) is 39.7 Å². The van der Waals surface area contributed by atoms with Crippen molar-refractivity contribution in [3.8, 4) is 0 Å². The highest BCUT2D eigenvalue weighted by Gasteiger charge is 2.26. The van der Waals surface area contributed by atoms with Crippen LogP contribution in [0.4, 0.5) is 4.39 Å². The molecule has 6 heteroatoms. The van der Waals surface area contributed by atoms with Crippen molar-refractivity contribution in [1.29, 1.82) is 0 Å².